The van der Waals surface area contributed by atoms with Crippen LogP contribution < -0.4 is 5.32 Å². The van der Waals surface area contributed by atoms with E-state index < -0.39 is 0 Å². The molecule has 2 aliphatic carbocycles. The van der Waals surface area contributed by atoms with Crippen molar-refractivity contribution in [2.75, 3.05) is 7.05 Å². The molecule has 2 rings (SSSR count). The first-order valence-electron chi connectivity index (χ1n) is 5.39. The monoisotopic (exact) mass is 181 g/mol. The van der Waals surface area contributed by atoms with Crippen molar-refractivity contribution in [3.05, 3.63) is 0 Å². The van der Waals surface area contributed by atoms with Gasteiger partial charge in [0.25, 0.3) is 0 Å². The highest BCUT2D eigenvalue weighted by Crippen LogP contribution is 2.62. The van der Waals surface area contributed by atoms with E-state index in [2.05, 4.69) is 12.2 Å². The summed E-state index contributed by atoms with van der Waals surface area (Å²) in [5, 5.41) is 2.83. The lowest BCUT2D eigenvalue weighted by molar-refractivity contribution is -0.130. The summed E-state index contributed by atoms with van der Waals surface area (Å²) in [5.74, 6) is 0.292. The molecule has 0 unspecified atom stereocenters. The standard InChI is InChI=1S/C11H19NO/c1-3-10-4-6-11(8-10,7-5-10)9(13)12-2/h3-8H2,1-2H3,(H,12,13). The van der Waals surface area contributed by atoms with Gasteiger partial charge in [0.2, 0.25) is 5.91 Å². The summed E-state index contributed by atoms with van der Waals surface area (Å²) in [6, 6.07) is 0. The van der Waals surface area contributed by atoms with Crippen molar-refractivity contribution in [1.82, 2.24) is 5.32 Å². The van der Waals surface area contributed by atoms with Crippen LogP contribution in [0, 0.1) is 10.8 Å². The molecule has 1 amide bonds. The molecule has 2 nitrogen and oxygen atoms in total. The van der Waals surface area contributed by atoms with Gasteiger partial charge in [0, 0.05) is 12.5 Å². The van der Waals surface area contributed by atoms with Crippen LogP contribution in [0.5, 0.6) is 0 Å². The van der Waals surface area contributed by atoms with Crippen LogP contribution in [0.4, 0.5) is 0 Å². The zero-order chi connectivity index (χ0) is 9.53. The smallest absolute Gasteiger partial charge is 0.225 e. The molecule has 2 saturated carbocycles. The highest BCUT2D eigenvalue weighted by atomic mass is 16.2. The number of amides is 1. The summed E-state index contributed by atoms with van der Waals surface area (Å²) >= 11 is 0. The van der Waals surface area contributed by atoms with Gasteiger partial charge in [0.15, 0.2) is 0 Å². The molecule has 2 bridgehead atoms. The number of hydrogen-bond donors (Lipinski definition) is 1. The zero-order valence-electron chi connectivity index (χ0n) is 8.65. The summed E-state index contributed by atoms with van der Waals surface area (Å²) in [6.07, 6.45) is 7.21. The van der Waals surface area contributed by atoms with Crippen LogP contribution in [-0.2, 0) is 4.79 Å². The lowest BCUT2D eigenvalue weighted by atomic mass is 9.80. The largest absolute Gasteiger partial charge is 0.359 e. The van der Waals surface area contributed by atoms with Crippen LogP contribution in [-0.4, -0.2) is 13.0 Å². The predicted octanol–water partition coefficient (Wildman–Crippen LogP) is 2.09. The molecule has 0 radical (unpaired) electrons. The van der Waals surface area contributed by atoms with Gasteiger partial charge in [-0.1, -0.05) is 13.3 Å². The van der Waals surface area contributed by atoms with Crippen LogP contribution >= 0.6 is 0 Å². The topological polar surface area (TPSA) is 29.1 Å². The Hall–Kier alpha value is -0.530. The molecule has 2 heteroatoms. The van der Waals surface area contributed by atoms with Gasteiger partial charge in [0.05, 0.1) is 0 Å². The van der Waals surface area contributed by atoms with Crippen molar-refractivity contribution < 1.29 is 4.79 Å². The van der Waals surface area contributed by atoms with Crippen molar-refractivity contribution in [2.45, 2.75) is 45.4 Å². The van der Waals surface area contributed by atoms with Gasteiger partial charge in [-0.2, -0.15) is 0 Å². The Morgan fingerprint density at radius 1 is 1.31 bits per heavy atom. The van der Waals surface area contributed by atoms with E-state index in [1.807, 2.05) is 0 Å². The molecule has 0 aromatic heterocycles. The maximum Gasteiger partial charge on any atom is 0.225 e. The van der Waals surface area contributed by atoms with Crippen LogP contribution in [0.1, 0.15) is 45.4 Å². The van der Waals surface area contributed by atoms with E-state index in [4.69, 9.17) is 0 Å². The van der Waals surface area contributed by atoms with Crippen LogP contribution in [0.15, 0.2) is 0 Å². The molecular formula is C11H19NO. The number of rotatable bonds is 2. The molecule has 0 spiro atoms. The fourth-order valence-corrected chi connectivity index (χ4v) is 3.38. The molecule has 0 aromatic carbocycles. The SMILES string of the molecule is CCC12CCC(C(=O)NC)(CC1)C2. The number of carbonyl (C=O) groups is 1. The van der Waals surface area contributed by atoms with Gasteiger partial charge in [-0.05, 0) is 37.5 Å². The minimum Gasteiger partial charge on any atom is -0.359 e. The van der Waals surface area contributed by atoms with E-state index in [1.165, 1.54) is 19.3 Å². The van der Waals surface area contributed by atoms with E-state index in [0.29, 0.717) is 11.3 Å². The Morgan fingerprint density at radius 2 is 1.92 bits per heavy atom. The second-order valence-electron chi connectivity index (χ2n) is 4.89. The van der Waals surface area contributed by atoms with E-state index in [1.54, 1.807) is 7.05 Å². The van der Waals surface area contributed by atoms with Gasteiger partial charge in [-0.25, -0.2) is 0 Å². The molecule has 2 aliphatic rings. The third kappa shape index (κ3) is 1.11. The summed E-state index contributed by atoms with van der Waals surface area (Å²) in [6.45, 7) is 2.27. The summed E-state index contributed by atoms with van der Waals surface area (Å²) in [4.78, 5) is 11.7. The number of fused-ring (bicyclic) bond motifs is 2. The highest BCUT2D eigenvalue weighted by Gasteiger charge is 2.56. The second-order valence-corrected chi connectivity index (χ2v) is 4.89. The summed E-state index contributed by atoms with van der Waals surface area (Å²) in [7, 11) is 1.77. The quantitative estimate of drug-likeness (QED) is 0.694. The first kappa shape index (κ1) is 9.04. The van der Waals surface area contributed by atoms with E-state index in [9.17, 15) is 4.79 Å². The maximum atomic E-state index is 11.7. The van der Waals surface area contributed by atoms with Gasteiger partial charge in [-0.15, -0.1) is 0 Å². The van der Waals surface area contributed by atoms with Crippen molar-refractivity contribution in [3.63, 3.8) is 0 Å². The molecule has 13 heavy (non-hydrogen) atoms. The second kappa shape index (κ2) is 2.73. The average Bonchev–Trinajstić information content (AvgIpc) is 2.74. The zero-order valence-corrected chi connectivity index (χ0v) is 8.65. The minimum atomic E-state index is 0.0325. The van der Waals surface area contributed by atoms with Gasteiger partial charge < -0.3 is 5.32 Å². The third-order valence-corrected chi connectivity index (χ3v) is 4.44. The van der Waals surface area contributed by atoms with Crippen molar-refractivity contribution in [1.29, 1.82) is 0 Å². The van der Waals surface area contributed by atoms with Crippen molar-refractivity contribution >= 4 is 5.91 Å². The first-order chi connectivity index (χ1) is 6.16. The molecule has 0 atom stereocenters. The third-order valence-electron chi connectivity index (χ3n) is 4.44. The lowest BCUT2D eigenvalue weighted by Gasteiger charge is -2.25. The molecule has 0 aliphatic heterocycles. The molecule has 74 valence electrons. The van der Waals surface area contributed by atoms with Crippen LogP contribution in [0.3, 0.4) is 0 Å². The van der Waals surface area contributed by atoms with Gasteiger partial charge in [0.1, 0.15) is 0 Å². The predicted molar refractivity (Wildman–Crippen MR) is 52.3 cm³/mol. The fraction of sp³-hybridized carbons (Fsp3) is 0.909. The number of carbonyl (C=O) groups excluding carboxylic acids is 1. The average molecular weight is 181 g/mol. The summed E-state index contributed by atoms with van der Waals surface area (Å²) in [5.41, 5.74) is 0.567. The molecule has 0 saturated heterocycles. The molecule has 1 N–H and O–H groups in total. The summed E-state index contributed by atoms with van der Waals surface area (Å²) < 4.78 is 0. The molecule has 2 fully saturated rings. The highest BCUT2D eigenvalue weighted by molar-refractivity contribution is 5.83. The Bertz CT molecular complexity index is 226. The Balaban J connectivity index is 2.18. The Morgan fingerprint density at radius 3 is 2.31 bits per heavy atom. The van der Waals surface area contributed by atoms with E-state index in [0.717, 1.165) is 19.3 Å². The first-order valence-corrected chi connectivity index (χ1v) is 5.39. The van der Waals surface area contributed by atoms with Gasteiger partial charge >= 0.3 is 0 Å². The van der Waals surface area contributed by atoms with Crippen LogP contribution in [0.2, 0.25) is 0 Å². The van der Waals surface area contributed by atoms with E-state index >= 15 is 0 Å². The molecular weight excluding hydrogens is 162 g/mol. The Kier molecular flexibility index (Phi) is 1.90. The lowest BCUT2D eigenvalue weighted by Crippen LogP contribution is -2.35. The van der Waals surface area contributed by atoms with E-state index in [-0.39, 0.29) is 5.41 Å². The molecule has 0 heterocycles. The van der Waals surface area contributed by atoms with Crippen molar-refractivity contribution in [3.8, 4) is 0 Å². The fourth-order valence-electron chi connectivity index (χ4n) is 3.38. The minimum absolute atomic E-state index is 0.0325. The molecule has 0 aromatic rings. The number of nitrogens with one attached hydrogen (secondary N) is 1. The normalized spacial score (nSPS) is 42.3. The van der Waals surface area contributed by atoms with Crippen molar-refractivity contribution in [2.24, 2.45) is 10.8 Å². The van der Waals surface area contributed by atoms with Crippen LogP contribution in [0.25, 0.3) is 0 Å². The maximum absolute atomic E-state index is 11.7. The van der Waals surface area contributed by atoms with Gasteiger partial charge in [-0.3, -0.25) is 4.79 Å². The Labute approximate surface area is 80.1 Å². The number of hydrogen-bond acceptors (Lipinski definition) is 1.